The summed E-state index contributed by atoms with van der Waals surface area (Å²) in [6.07, 6.45) is 12.2. The van der Waals surface area contributed by atoms with Crippen LogP contribution in [-0.2, 0) is 16.0 Å². The number of carbonyl (C=O) groups is 1. The fourth-order valence-electron chi connectivity index (χ4n) is 3.65. The van der Waals surface area contributed by atoms with E-state index in [1.54, 1.807) is 19.1 Å². The minimum absolute atomic E-state index is 0.213. The number of allylic oxidation sites excluding steroid dienone is 1. The van der Waals surface area contributed by atoms with E-state index in [9.17, 15) is 9.18 Å². The molecule has 3 nitrogen and oxygen atoms in total. The summed E-state index contributed by atoms with van der Waals surface area (Å²) in [6.45, 7) is 2.46. The predicted octanol–water partition coefficient (Wildman–Crippen LogP) is 7.81. The highest BCUT2D eigenvalue weighted by molar-refractivity contribution is 5.87. The van der Waals surface area contributed by atoms with Gasteiger partial charge in [0.1, 0.15) is 0 Å². The molecule has 3 rings (SSSR count). The Kier molecular flexibility index (Phi) is 10.8. The number of unbranched alkanes of at least 4 members (excludes halogenated alkanes) is 2. The quantitative estimate of drug-likeness (QED) is 0.110. The van der Waals surface area contributed by atoms with Crippen molar-refractivity contribution in [2.75, 3.05) is 13.2 Å². The van der Waals surface area contributed by atoms with Crippen molar-refractivity contribution in [2.24, 2.45) is 0 Å². The van der Waals surface area contributed by atoms with Crippen molar-refractivity contribution in [1.82, 2.24) is 0 Å². The van der Waals surface area contributed by atoms with Gasteiger partial charge in [0, 0.05) is 6.08 Å². The van der Waals surface area contributed by atoms with Gasteiger partial charge in [0.05, 0.1) is 13.2 Å². The van der Waals surface area contributed by atoms with Crippen molar-refractivity contribution in [2.45, 2.75) is 39.0 Å². The molecule has 0 aliphatic heterocycles. The molecule has 0 spiro atoms. The van der Waals surface area contributed by atoms with Gasteiger partial charge in [-0.25, -0.2) is 9.18 Å². The van der Waals surface area contributed by atoms with Gasteiger partial charge < -0.3 is 9.47 Å². The number of benzene rings is 3. The highest BCUT2D eigenvalue weighted by Gasteiger charge is 2.04. The number of aryl methyl sites for hydroxylation is 1. The fraction of sp³-hybridized carbons (Fsp3) is 0.258. The van der Waals surface area contributed by atoms with Gasteiger partial charge in [-0.15, -0.1) is 0 Å². The number of halogens is 1. The van der Waals surface area contributed by atoms with Crippen LogP contribution in [0.25, 0.3) is 17.2 Å². The Morgan fingerprint density at radius 1 is 0.886 bits per heavy atom. The van der Waals surface area contributed by atoms with Crippen LogP contribution in [0.1, 0.15) is 43.7 Å². The fourth-order valence-corrected chi connectivity index (χ4v) is 3.65. The third-order valence-electron chi connectivity index (χ3n) is 5.51. The highest BCUT2D eigenvalue weighted by atomic mass is 19.1. The molecule has 0 saturated heterocycles. The number of carbonyl (C=O) groups excluding carboxylic acids is 1. The smallest absolute Gasteiger partial charge is 0.330 e. The van der Waals surface area contributed by atoms with Gasteiger partial charge >= 0.3 is 5.97 Å². The first-order valence-corrected chi connectivity index (χ1v) is 12.2. The van der Waals surface area contributed by atoms with Crippen molar-refractivity contribution in [3.05, 3.63) is 108 Å². The lowest BCUT2D eigenvalue weighted by atomic mass is 10.0. The first kappa shape index (κ1) is 26.0. The standard InChI is InChI=1S/C31H33FO3/c1-2-34-31(33)22-18-26-17-21-30(29(32)24-26)35-23-11-6-4-3-5-8-12-25-15-19-28(20-16-25)27-13-9-7-10-14-27/h4,6-7,9-10,13-22,24H,2-3,5,8,11-12,23H2,1H3/b6-4-,22-18+. The predicted molar refractivity (Wildman–Crippen MR) is 141 cm³/mol. The summed E-state index contributed by atoms with van der Waals surface area (Å²) in [6, 6.07) is 23.9. The van der Waals surface area contributed by atoms with Gasteiger partial charge in [-0.1, -0.05) is 72.8 Å². The Labute approximate surface area is 207 Å². The van der Waals surface area contributed by atoms with Gasteiger partial charge in [-0.2, -0.15) is 0 Å². The second-order valence-electron chi connectivity index (χ2n) is 8.19. The maximum absolute atomic E-state index is 14.2. The van der Waals surface area contributed by atoms with Crippen LogP contribution in [0.4, 0.5) is 4.39 Å². The van der Waals surface area contributed by atoms with Crippen LogP contribution in [0, 0.1) is 5.82 Å². The molecule has 0 aliphatic carbocycles. The molecule has 0 aromatic heterocycles. The minimum atomic E-state index is -0.447. The van der Waals surface area contributed by atoms with E-state index in [1.807, 2.05) is 6.07 Å². The van der Waals surface area contributed by atoms with E-state index in [1.165, 1.54) is 34.9 Å². The van der Waals surface area contributed by atoms with Gasteiger partial charge in [0.15, 0.2) is 11.6 Å². The zero-order valence-corrected chi connectivity index (χ0v) is 20.3. The zero-order chi connectivity index (χ0) is 24.7. The number of esters is 1. The van der Waals surface area contributed by atoms with Crippen molar-refractivity contribution >= 4 is 12.0 Å². The van der Waals surface area contributed by atoms with E-state index < -0.39 is 11.8 Å². The average Bonchev–Trinajstić information content (AvgIpc) is 2.88. The summed E-state index contributed by atoms with van der Waals surface area (Å²) in [4.78, 5) is 11.3. The van der Waals surface area contributed by atoms with Crippen LogP contribution in [-0.4, -0.2) is 19.2 Å². The molecule has 182 valence electrons. The molecular formula is C31H33FO3. The normalized spacial score (nSPS) is 11.3. The lowest BCUT2D eigenvalue weighted by molar-refractivity contribution is -0.137. The van der Waals surface area contributed by atoms with Crippen LogP contribution in [0.5, 0.6) is 5.75 Å². The lowest BCUT2D eigenvalue weighted by Gasteiger charge is -2.06. The molecule has 0 saturated carbocycles. The van der Waals surface area contributed by atoms with Gasteiger partial charge in [0.2, 0.25) is 0 Å². The summed E-state index contributed by atoms with van der Waals surface area (Å²) < 4.78 is 24.5. The third kappa shape index (κ3) is 9.24. The van der Waals surface area contributed by atoms with Crippen LogP contribution in [0.3, 0.4) is 0 Å². The largest absolute Gasteiger partial charge is 0.490 e. The molecule has 3 aromatic rings. The van der Waals surface area contributed by atoms with E-state index in [0.29, 0.717) is 18.8 Å². The molecular weight excluding hydrogens is 439 g/mol. The molecule has 0 bridgehead atoms. The Balaban J connectivity index is 1.29. The van der Waals surface area contributed by atoms with E-state index in [4.69, 9.17) is 9.47 Å². The first-order chi connectivity index (χ1) is 17.2. The lowest BCUT2D eigenvalue weighted by Crippen LogP contribution is -1.99. The van der Waals surface area contributed by atoms with Crippen molar-refractivity contribution in [3.8, 4) is 16.9 Å². The third-order valence-corrected chi connectivity index (χ3v) is 5.51. The van der Waals surface area contributed by atoms with Crippen molar-refractivity contribution in [1.29, 1.82) is 0 Å². The van der Waals surface area contributed by atoms with E-state index in [-0.39, 0.29) is 5.75 Å². The van der Waals surface area contributed by atoms with Crippen molar-refractivity contribution in [3.63, 3.8) is 0 Å². The van der Waals surface area contributed by atoms with Gasteiger partial charge in [-0.3, -0.25) is 0 Å². The van der Waals surface area contributed by atoms with Crippen molar-refractivity contribution < 1.29 is 18.7 Å². The number of ether oxygens (including phenoxy) is 2. The summed E-state index contributed by atoms with van der Waals surface area (Å²) in [5, 5.41) is 0. The second kappa shape index (κ2) is 14.6. The van der Waals surface area contributed by atoms with Crippen LogP contribution >= 0.6 is 0 Å². The maximum Gasteiger partial charge on any atom is 0.330 e. The molecule has 0 N–H and O–H groups in total. The maximum atomic E-state index is 14.2. The Morgan fingerprint density at radius 2 is 1.63 bits per heavy atom. The van der Waals surface area contributed by atoms with E-state index >= 15 is 0 Å². The van der Waals surface area contributed by atoms with Gasteiger partial charge in [-0.05, 0) is 79.5 Å². The molecule has 4 heteroatoms. The summed E-state index contributed by atoms with van der Waals surface area (Å²) in [5.41, 5.74) is 4.44. The molecule has 35 heavy (non-hydrogen) atoms. The van der Waals surface area contributed by atoms with Crippen LogP contribution in [0.2, 0.25) is 0 Å². The summed E-state index contributed by atoms with van der Waals surface area (Å²) >= 11 is 0. The van der Waals surface area contributed by atoms with Crippen LogP contribution in [0.15, 0.2) is 91.0 Å². The van der Waals surface area contributed by atoms with Gasteiger partial charge in [0.25, 0.3) is 0 Å². The minimum Gasteiger partial charge on any atom is -0.490 e. The molecule has 0 heterocycles. The summed E-state index contributed by atoms with van der Waals surface area (Å²) in [7, 11) is 0. The highest BCUT2D eigenvalue weighted by Crippen LogP contribution is 2.21. The zero-order valence-electron chi connectivity index (χ0n) is 20.3. The number of hydrogen-bond acceptors (Lipinski definition) is 3. The second-order valence-corrected chi connectivity index (χ2v) is 8.19. The molecule has 0 amide bonds. The molecule has 3 aromatic carbocycles. The molecule has 0 atom stereocenters. The Morgan fingerprint density at radius 3 is 2.37 bits per heavy atom. The van der Waals surface area contributed by atoms with Crippen LogP contribution < -0.4 is 4.74 Å². The first-order valence-electron chi connectivity index (χ1n) is 12.2. The molecule has 0 unspecified atom stereocenters. The average molecular weight is 473 g/mol. The topological polar surface area (TPSA) is 35.5 Å². The van der Waals surface area contributed by atoms with E-state index in [0.717, 1.165) is 32.1 Å². The SMILES string of the molecule is CCOC(=O)/C=C/c1ccc(OCC/C=C\CCCCc2ccc(-c3ccccc3)cc2)c(F)c1. The molecule has 0 radical (unpaired) electrons. The molecule has 0 aliphatic rings. The Hall–Kier alpha value is -3.66. The number of rotatable bonds is 13. The monoisotopic (exact) mass is 472 g/mol. The Bertz CT molecular complexity index is 1100. The summed E-state index contributed by atoms with van der Waals surface area (Å²) in [5.74, 6) is -0.681. The van der Waals surface area contributed by atoms with E-state index in [2.05, 4.69) is 60.7 Å². The number of hydrogen-bond donors (Lipinski definition) is 0. The molecule has 0 fully saturated rings.